The summed E-state index contributed by atoms with van der Waals surface area (Å²) in [6.07, 6.45) is 3.19. The van der Waals surface area contributed by atoms with E-state index in [1.165, 1.54) is 0 Å². The number of fused-ring (bicyclic) bond motifs is 1. The Morgan fingerprint density at radius 3 is 2.66 bits per heavy atom. The zero-order chi connectivity index (χ0) is 20.8. The first-order valence-corrected chi connectivity index (χ1v) is 10.2. The van der Waals surface area contributed by atoms with Crippen molar-refractivity contribution in [2.45, 2.75) is 53.0 Å². The van der Waals surface area contributed by atoms with Gasteiger partial charge in [0.15, 0.2) is 5.78 Å². The number of Topliss-reactive ketones (excluding diaryl/α,β-unsaturated/α-hetero) is 1. The van der Waals surface area contributed by atoms with Crippen LogP contribution >= 0.6 is 0 Å². The van der Waals surface area contributed by atoms with Crippen LogP contribution in [0.4, 0.5) is 11.4 Å². The van der Waals surface area contributed by atoms with Gasteiger partial charge in [0, 0.05) is 24.1 Å². The standard InChI is InChI=1S/C24H28N2O3/c1-15(2)12-21(28)26-18-9-6-5-8-16(18)25-17-13-24(3,4)14-19(27)22(17)23(26)20-10-7-11-29-20/h5-11,15,23,25H,12-14H2,1-4H3. The highest BCUT2D eigenvalue weighted by Crippen LogP contribution is 2.48. The van der Waals surface area contributed by atoms with Crippen molar-refractivity contribution in [1.82, 2.24) is 0 Å². The molecule has 0 radical (unpaired) electrons. The van der Waals surface area contributed by atoms with E-state index in [-0.39, 0.29) is 23.0 Å². The lowest BCUT2D eigenvalue weighted by molar-refractivity contribution is -0.120. The molecule has 1 unspecified atom stereocenters. The minimum atomic E-state index is -0.564. The molecule has 0 saturated heterocycles. The molecule has 0 spiro atoms. The van der Waals surface area contributed by atoms with Gasteiger partial charge in [0.05, 0.1) is 17.6 Å². The number of amides is 1. The van der Waals surface area contributed by atoms with E-state index in [1.807, 2.05) is 50.2 Å². The van der Waals surface area contributed by atoms with Gasteiger partial charge in [-0.25, -0.2) is 0 Å². The van der Waals surface area contributed by atoms with Crippen LogP contribution in [0.15, 0.2) is 58.3 Å². The maximum Gasteiger partial charge on any atom is 0.228 e. The normalized spacial score (nSPS) is 20.8. The Bertz CT molecular complexity index is 970. The Morgan fingerprint density at radius 1 is 1.21 bits per heavy atom. The van der Waals surface area contributed by atoms with E-state index in [9.17, 15) is 9.59 Å². The Morgan fingerprint density at radius 2 is 1.97 bits per heavy atom. The lowest BCUT2D eigenvalue weighted by Gasteiger charge is -2.36. The molecule has 4 rings (SSSR count). The van der Waals surface area contributed by atoms with Crippen molar-refractivity contribution in [1.29, 1.82) is 0 Å². The van der Waals surface area contributed by atoms with Gasteiger partial charge in [-0.3, -0.25) is 14.5 Å². The monoisotopic (exact) mass is 392 g/mol. The fourth-order valence-electron chi connectivity index (χ4n) is 4.43. The number of anilines is 2. The number of furan rings is 1. The smallest absolute Gasteiger partial charge is 0.228 e. The van der Waals surface area contributed by atoms with Crippen LogP contribution in [0.5, 0.6) is 0 Å². The largest absolute Gasteiger partial charge is 0.467 e. The molecule has 0 fully saturated rings. The minimum Gasteiger partial charge on any atom is -0.467 e. The minimum absolute atomic E-state index is 0.0120. The molecule has 1 aromatic carbocycles. The van der Waals surface area contributed by atoms with Crippen LogP contribution in [0.1, 0.15) is 58.8 Å². The van der Waals surface area contributed by atoms with E-state index in [0.29, 0.717) is 24.2 Å². The van der Waals surface area contributed by atoms with E-state index in [4.69, 9.17) is 4.42 Å². The Balaban J connectivity index is 1.96. The molecule has 5 nitrogen and oxygen atoms in total. The first-order valence-electron chi connectivity index (χ1n) is 10.2. The number of allylic oxidation sites excluding steroid dienone is 1. The number of nitrogens with one attached hydrogen (secondary N) is 1. The molecule has 1 aliphatic heterocycles. The third kappa shape index (κ3) is 3.61. The van der Waals surface area contributed by atoms with Crippen molar-refractivity contribution in [3.05, 3.63) is 59.7 Å². The van der Waals surface area contributed by atoms with Gasteiger partial charge in [0.25, 0.3) is 0 Å². The van der Waals surface area contributed by atoms with Gasteiger partial charge in [-0.05, 0) is 42.0 Å². The first-order chi connectivity index (χ1) is 13.8. The number of ketones is 1. The molecule has 2 heterocycles. The Labute approximate surface area is 171 Å². The van der Waals surface area contributed by atoms with E-state index >= 15 is 0 Å². The van der Waals surface area contributed by atoms with Crippen LogP contribution in [-0.4, -0.2) is 11.7 Å². The predicted octanol–water partition coefficient (Wildman–Crippen LogP) is 5.47. The van der Waals surface area contributed by atoms with Crippen molar-refractivity contribution >= 4 is 23.1 Å². The summed E-state index contributed by atoms with van der Waals surface area (Å²) in [6, 6.07) is 10.9. The van der Waals surface area contributed by atoms with Gasteiger partial charge >= 0.3 is 0 Å². The van der Waals surface area contributed by atoms with Gasteiger partial charge in [-0.15, -0.1) is 0 Å². The maximum atomic E-state index is 13.5. The van der Waals surface area contributed by atoms with Crippen molar-refractivity contribution in [2.75, 3.05) is 10.2 Å². The van der Waals surface area contributed by atoms with Gasteiger partial charge in [-0.2, -0.15) is 0 Å². The number of benzene rings is 1. The number of carbonyl (C=O) groups excluding carboxylic acids is 2. The van der Waals surface area contributed by atoms with E-state index < -0.39 is 6.04 Å². The van der Waals surface area contributed by atoms with E-state index in [2.05, 4.69) is 19.2 Å². The third-order valence-corrected chi connectivity index (χ3v) is 5.56. The van der Waals surface area contributed by atoms with Gasteiger partial charge < -0.3 is 9.73 Å². The summed E-state index contributed by atoms with van der Waals surface area (Å²) in [4.78, 5) is 28.6. The second kappa shape index (κ2) is 7.21. The van der Waals surface area contributed by atoms with Gasteiger partial charge in [0.1, 0.15) is 11.8 Å². The van der Waals surface area contributed by atoms with E-state index in [1.54, 1.807) is 11.2 Å². The lowest BCUT2D eigenvalue weighted by atomic mass is 9.74. The number of hydrogen-bond donors (Lipinski definition) is 1. The Kier molecular flexibility index (Phi) is 4.85. The van der Waals surface area contributed by atoms with Crippen LogP contribution in [-0.2, 0) is 9.59 Å². The molecule has 0 bridgehead atoms. The van der Waals surface area contributed by atoms with Crippen LogP contribution in [0, 0.1) is 11.3 Å². The molecule has 0 saturated carbocycles. The number of para-hydroxylation sites is 2. The second-order valence-electron chi connectivity index (χ2n) is 9.25. The number of hydrogen-bond acceptors (Lipinski definition) is 4. The molecule has 2 aliphatic rings. The van der Waals surface area contributed by atoms with Gasteiger partial charge in [-0.1, -0.05) is 39.8 Å². The van der Waals surface area contributed by atoms with Crippen molar-refractivity contribution in [3.63, 3.8) is 0 Å². The lowest BCUT2D eigenvalue weighted by Crippen LogP contribution is -2.39. The molecule has 1 N–H and O–H groups in total. The molecule has 1 aliphatic carbocycles. The summed E-state index contributed by atoms with van der Waals surface area (Å²) in [5.41, 5.74) is 3.02. The average Bonchev–Trinajstić information content (AvgIpc) is 3.09. The Hall–Kier alpha value is -2.82. The average molecular weight is 392 g/mol. The molecule has 1 amide bonds. The molecule has 5 heteroatoms. The topological polar surface area (TPSA) is 62.6 Å². The summed E-state index contributed by atoms with van der Waals surface area (Å²) in [7, 11) is 0. The van der Waals surface area contributed by atoms with Crippen molar-refractivity contribution in [3.8, 4) is 0 Å². The SMILES string of the molecule is CC(C)CC(=O)N1c2ccccc2NC2=C(C(=O)CC(C)(C)C2)C1c1ccco1. The third-order valence-electron chi connectivity index (χ3n) is 5.56. The molecule has 2 aromatic rings. The van der Waals surface area contributed by atoms with Crippen LogP contribution < -0.4 is 10.2 Å². The molecule has 1 atom stereocenters. The second-order valence-corrected chi connectivity index (χ2v) is 9.25. The molecule has 29 heavy (non-hydrogen) atoms. The molecule has 1 aromatic heterocycles. The van der Waals surface area contributed by atoms with E-state index in [0.717, 1.165) is 23.5 Å². The summed E-state index contributed by atoms with van der Waals surface area (Å²) in [6.45, 7) is 8.27. The number of carbonyl (C=O) groups is 2. The predicted molar refractivity (Wildman–Crippen MR) is 114 cm³/mol. The highest BCUT2D eigenvalue weighted by atomic mass is 16.3. The summed E-state index contributed by atoms with van der Waals surface area (Å²) in [5, 5.41) is 3.50. The van der Waals surface area contributed by atoms with Crippen LogP contribution in [0.2, 0.25) is 0 Å². The zero-order valence-corrected chi connectivity index (χ0v) is 17.5. The van der Waals surface area contributed by atoms with Crippen molar-refractivity contribution in [2.24, 2.45) is 11.3 Å². The number of rotatable bonds is 3. The molecular weight excluding hydrogens is 364 g/mol. The molecular formula is C24H28N2O3. The van der Waals surface area contributed by atoms with Crippen molar-refractivity contribution < 1.29 is 14.0 Å². The van der Waals surface area contributed by atoms with Crippen LogP contribution in [0.25, 0.3) is 0 Å². The fraction of sp³-hybridized carbons (Fsp3) is 0.417. The highest BCUT2D eigenvalue weighted by Gasteiger charge is 2.44. The highest BCUT2D eigenvalue weighted by molar-refractivity contribution is 6.06. The van der Waals surface area contributed by atoms with Gasteiger partial charge in [0.2, 0.25) is 5.91 Å². The first kappa shape index (κ1) is 19.5. The maximum absolute atomic E-state index is 13.5. The molecule has 152 valence electrons. The number of nitrogens with zero attached hydrogens (tertiary/aromatic N) is 1. The van der Waals surface area contributed by atoms with Crippen LogP contribution in [0.3, 0.4) is 0 Å². The quantitative estimate of drug-likeness (QED) is 0.752. The summed E-state index contributed by atoms with van der Waals surface area (Å²) >= 11 is 0. The summed E-state index contributed by atoms with van der Waals surface area (Å²) in [5.74, 6) is 0.876. The fourth-order valence-corrected chi connectivity index (χ4v) is 4.43. The summed E-state index contributed by atoms with van der Waals surface area (Å²) < 4.78 is 5.77. The zero-order valence-electron chi connectivity index (χ0n) is 17.5.